The molecule has 1 amide bonds. The van der Waals surface area contributed by atoms with Crippen LogP contribution in [0.5, 0.6) is 0 Å². The van der Waals surface area contributed by atoms with Crippen LogP contribution in [-0.2, 0) is 19.0 Å². The van der Waals surface area contributed by atoms with E-state index in [1.165, 1.54) is 0 Å². The first-order valence-corrected chi connectivity index (χ1v) is 7.48. The molecule has 7 nitrogen and oxygen atoms in total. The Morgan fingerprint density at radius 3 is 2.68 bits per heavy atom. The Kier molecular flexibility index (Phi) is 3.41. The molecule has 4 rings (SSSR count). The highest BCUT2D eigenvalue weighted by Crippen LogP contribution is 2.28. The van der Waals surface area contributed by atoms with E-state index in [9.17, 15) is 18.0 Å². The smallest absolute Gasteiger partial charge is 0.290 e. The van der Waals surface area contributed by atoms with Crippen LogP contribution in [0, 0.1) is 0 Å². The Bertz CT molecular complexity index is 964. The minimum atomic E-state index is -4.53. The molecule has 25 heavy (non-hydrogen) atoms. The molecule has 1 aliphatic carbocycles. The van der Waals surface area contributed by atoms with E-state index in [0.717, 1.165) is 30.5 Å². The molecule has 0 radical (unpaired) electrons. The lowest BCUT2D eigenvalue weighted by molar-refractivity contribution is -0.138. The van der Waals surface area contributed by atoms with Crippen LogP contribution in [0.1, 0.15) is 33.6 Å². The van der Waals surface area contributed by atoms with Gasteiger partial charge in [0.05, 0.1) is 11.1 Å². The quantitative estimate of drug-likeness (QED) is 0.768. The van der Waals surface area contributed by atoms with Crippen molar-refractivity contribution in [3.05, 3.63) is 47.2 Å². The number of carbonyl (C=O) groups excluding carboxylic acids is 1. The SMILES string of the molecule is O=C(Nc1ncc(C(F)(F)F)cn1)c1cc2c(n3cnnc13)CCC2. The van der Waals surface area contributed by atoms with Gasteiger partial charge in [0.25, 0.3) is 5.91 Å². The topological polar surface area (TPSA) is 85.1 Å². The zero-order chi connectivity index (χ0) is 17.6. The van der Waals surface area contributed by atoms with Crippen LogP contribution in [0.25, 0.3) is 5.65 Å². The van der Waals surface area contributed by atoms with Crippen molar-refractivity contribution < 1.29 is 18.0 Å². The standard InChI is InChI=1S/C15H11F3N6O/c16-15(17,18)9-5-19-14(20-6-9)22-13(25)10-4-8-2-1-3-11(8)24-7-21-23-12(10)24/h4-7H,1-3H2,(H,19,20,22,25). The molecule has 128 valence electrons. The molecule has 0 fully saturated rings. The number of hydrogen-bond donors (Lipinski definition) is 1. The van der Waals surface area contributed by atoms with E-state index >= 15 is 0 Å². The van der Waals surface area contributed by atoms with Gasteiger partial charge in [-0.2, -0.15) is 13.2 Å². The number of amides is 1. The van der Waals surface area contributed by atoms with E-state index in [4.69, 9.17) is 0 Å². The van der Waals surface area contributed by atoms with Crippen LogP contribution in [-0.4, -0.2) is 30.5 Å². The van der Waals surface area contributed by atoms with Crippen LogP contribution in [0.2, 0.25) is 0 Å². The summed E-state index contributed by atoms with van der Waals surface area (Å²) >= 11 is 0. The fourth-order valence-corrected chi connectivity index (χ4v) is 2.91. The molecule has 0 aromatic carbocycles. The number of rotatable bonds is 2. The number of nitrogens with zero attached hydrogens (tertiary/aromatic N) is 5. The van der Waals surface area contributed by atoms with Gasteiger partial charge in [-0.25, -0.2) is 9.97 Å². The number of pyridine rings is 1. The molecular formula is C15H11F3N6O. The fourth-order valence-electron chi connectivity index (χ4n) is 2.91. The molecule has 3 aromatic rings. The first-order chi connectivity index (χ1) is 11.9. The lowest BCUT2D eigenvalue weighted by Crippen LogP contribution is -2.17. The van der Waals surface area contributed by atoms with E-state index in [2.05, 4.69) is 25.5 Å². The number of halogens is 3. The Labute approximate surface area is 138 Å². The zero-order valence-electron chi connectivity index (χ0n) is 12.7. The highest BCUT2D eigenvalue weighted by atomic mass is 19.4. The van der Waals surface area contributed by atoms with E-state index in [0.29, 0.717) is 18.0 Å². The molecule has 1 aliphatic rings. The summed E-state index contributed by atoms with van der Waals surface area (Å²) in [6.45, 7) is 0. The third kappa shape index (κ3) is 2.69. The molecule has 0 unspecified atom stereocenters. The van der Waals surface area contributed by atoms with Gasteiger partial charge in [-0.05, 0) is 30.9 Å². The van der Waals surface area contributed by atoms with E-state index < -0.39 is 17.6 Å². The molecule has 3 aromatic heterocycles. The van der Waals surface area contributed by atoms with Crippen molar-refractivity contribution in [1.82, 2.24) is 24.6 Å². The summed E-state index contributed by atoms with van der Waals surface area (Å²) in [7, 11) is 0. The van der Waals surface area contributed by atoms with Crippen LogP contribution >= 0.6 is 0 Å². The van der Waals surface area contributed by atoms with E-state index in [1.807, 2.05) is 0 Å². The fraction of sp³-hybridized carbons (Fsp3) is 0.267. The number of aromatic nitrogens is 5. The molecule has 10 heteroatoms. The van der Waals surface area contributed by atoms with Crippen molar-refractivity contribution in [3.8, 4) is 0 Å². The Hall–Kier alpha value is -3.04. The minimum Gasteiger partial charge on any atom is -0.290 e. The molecule has 0 aliphatic heterocycles. The number of carbonyl (C=O) groups is 1. The van der Waals surface area contributed by atoms with Gasteiger partial charge in [0.1, 0.15) is 6.33 Å². The van der Waals surface area contributed by atoms with Gasteiger partial charge in [0, 0.05) is 18.1 Å². The Morgan fingerprint density at radius 1 is 1.20 bits per heavy atom. The highest BCUT2D eigenvalue weighted by molar-refractivity contribution is 6.07. The van der Waals surface area contributed by atoms with Crippen molar-refractivity contribution >= 4 is 17.5 Å². The predicted octanol–water partition coefficient (Wildman–Crippen LogP) is 2.28. The maximum Gasteiger partial charge on any atom is 0.419 e. The molecule has 3 heterocycles. The van der Waals surface area contributed by atoms with Gasteiger partial charge in [-0.1, -0.05) is 0 Å². The summed E-state index contributed by atoms with van der Waals surface area (Å²) in [5, 5.41) is 10.2. The average Bonchev–Trinajstić information content (AvgIpc) is 3.22. The third-order valence-electron chi connectivity index (χ3n) is 4.08. The largest absolute Gasteiger partial charge is 0.419 e. The van der Waals surface area contributed by atoms with Crippen LogP contribution in [0.15, 0.2) is 24.8 Å². The second-order valence-corrected chi connectivity index (χ2v) is 5.66. The third-order valence-corrected chi connectivity index (χ3v) is 4.08. The van der Waals surface area contributed by atoms with Gasteiger partial charge >= 0.3 is 6.18 Å². The van der Waals surface area contributed by atoms with Crippen molar-refractivity contribution in [2.24, 2.45) is 0 Å². The summed E-state index contributed by atoms with van der Waals surface area (Å²) in [6, 6.07) is 1.74. The molecule has 0 atom stereocenters. The number of hydrogen-bond acceptors (Lipinski definition) is 5. The summed E-state index contributed by atoms with van der Waals surface area (Å²) in [5.41, 5.74) is 1.79. The van der Waals surface area contributed by atoms with Crippen LogP contribution in [0.4, 0.5) is 19.1 Å². The van der Waals surface area contributed by atoms with Gasteiger partial charge in [0.2, 0.25) is 5.95 Å². The lowest BCUT2D eigenvalue weighted by atomic mass is 10.1. The average molecular weight is 348 g/mol. The zero-order valence-corrected chi connectivity index (χ0v) is 12.7. The molecular weight excluding hydrogens is 337 g/mol. The summed E-state index contributed by atoms with van der Waals surface area (Å²) < 4.78 is 39.4. The first-order valence-electron chi connectivity index (χ1n) is 7.48. The first kappa shape index (κ1) is 15.5. The van der Waals surface area contributed by atoms with Crippen LogP contribution in [0.3, 0.4) is 0 Å². The highest BCUT2D eigenvalue weighted by Gasteiger charge is 2.31. The summed E-state index contributed by atoms with van der Waals surface area (Å²) in [4.78, 5) is 19.6. The number of alkyl halides is 3. The van der Waals surface area contributed by atoms with Crippen molar-refractivity contribution in [2.75, 3.05) is 5.32 Å². The second kappa shape index (κ2) is 5.50. The number of fused-ring (bicyclic) bond motifs is 3. The number of anilines is 1. The van der Waals surface area contributed by atoms with Crippen molar-refractivity contribution in [2.45, 2.75) is 25.4 Å². The van der Waals surface area contributed by atoms with Crippen LogP contribution < -0.4 is 5.32 Å². The lowest BCUT2D eigenvalue weighted by Gasteiger charge is -2.09. The Morgan fingerprint density at radius 2 is 1.96 bits per heavy atom. The molecule has 0 spiro atoms. The van der Waals surface area contributed by atoms with Crippen molar-refractivity contribution in [3.63, 3.8) is 0 Å². The minimum absolute atomic E-state index is 0.212. The van der Waals surface area contributed by atoms with Gasteiger partial charge < -0.3 is 0 Å². The van der Waals surface area contributed by atoms with Gasteiger partial charge in [-0.15, -0.1) is 10.2 Å². The summed E-state index contributed by atoms with van der Waals surface area (Å²) in [6.07, 6.45) is 0.973. The molecule has 0 saturated carbocycles. The predicted molar refractivity (Wildman–Crippen MR) is 80.0 cm³/mol. The maximum absolute atomic E-state index is 12.5. The molecule has 0 saturated heterocycles. The van der Waals surface area contributed by atoms with E-state index in [-0.39, 0.29) is 11.5 Å². The number of aryl methyl sites for hydroxylation is 2. The number of nitrogens with one attached hydrogen (secondary N) is 1. The van der Waals surface area contributed by atoms with E-state index in [1.54, 1.807) is 16.8 Å². The second-order valence-electron chi connectivity index (χ2n) is 5.66. The maximum atomic E-state index is 12.5. The molecule has 1 N–H and O–H groups in total. The molecule has 0 bridgehead atoms. The monoisotopic (exact) mass is 348 g/mol. The van der Waals surface area contributed by atoms with Gasteiger partial charge in [0.15, 0.2) is 5.65 Å². The summed E-state index contributed by atoms with van der Waals surface area (Å²) in [5.74, 6) is -0.761. The van der Waals surface area contributed by atoms with Crippen molar-refractivity contribution in [1.29, 1.82) is 0 Å². The Balaban J connectivity index is 1.65. The van der Waals surface area contributed by atoms with Gasteiger partial charge in [-0.3, -0.25) is 14.5 Å². The normalized spacial score (nSPS) is 13.9.